The summed E-state index contributed by atoms with van der Waals surface area (Å²) in [4.78, 5) is 13.5. The Morgan fingerprint density at radius 3 is 2.93 bits per heavy atom. The predicted molar refractivity (Wildman–Crippen MR) is 50.3 cm³/mol. The van der Waals surface area contributed by atoms with E-state index in [-0.39, 0.29) is 5.82 Å². The summed E-state index contributed by atoms with van der Waals surface area (Å²) in [5, 5.41) is 10.3. The second-order valence-electron chi connectivity index (χ2n) is 2.53. The first-order valence-corrected chi connectivity index (χ1v) is 4.62. The molecule has 6 nitrogen and oxygen atoms in total. The maximum absolute atomic E-state index is 10.3. The molecule has 0 atom stereocenters. The molecule has 78 valence electrons. The first-order chi connectivity index (χ1) is 6.77. The van der Waals surface area contributed by atoms with Crippen LogP contribution >= 0.6 is 0 Å². The third kappa shape index (κ3) is 2.01. The number of hydrogen-bond donors (Lipinski definition) is 0. The van der Waals surface area contributed by atoms with Crippen LogP contribution in [0.15, 0.2) is 6.20 Å². The number of aromatic nitrogens is 2. The number of rotatable bonds is 1. The summed E-state index contributed by atoms with van der Waals surface area (Å²) in [7, 11) is 0. The minimum Gasteiger partial charge on any atom is -0.446 e. The highest BCUT2D eigenvalue weighted by molar-refractivity contribution is 5.20. The number of aryl methyl sites for hydroxylation is 1. The second kappa shape index (κ2) is 4.59. The lowest BCUT2D eigenvalue weighted by Gasteiger charge is -2.09. The lowest BCUT2D eigenvalue weighted by Crippen LogP contribution is -2.13. The molecule has 1 aromatic heterocycles. The lowest BCUT2D eigenvalue weighted by molar-refractivity contribution is -0.389. The SMILES string of the molecule is CC.O=[N+]([O-])c1cn2c(n1)OCCC2. The fourth-order valence-corrected chi connectivity index (χ4v) is 1.15. The number of imidazole rings is 1. The van der Waals surface area contributed by atoms with Gasteiger partial charge in [-0.1, -0.05) is 13.8 Å². The standard InChI is InChI=1S/C6H7N3O3.C2H6/c10-9(11)5-4-8-2-1-3-12-6(8)7-5;1-2/h4H,1-3H2;1-2H3. The van der Waals surface area contributed by atoms with E-state index in [0.29, 0.717) is 12.6 Å². The van der Waals surface area contributed by atoms with Gasteiger partial charge in [-0.25, -0.2) is 0 Å². The normalized spacial score (nSPS) is 13.3. The molecule has 0 amide bonds. The molecule has 2 heterocycles. The zero-order valence-corrected chi connectivity index (χ0v) is 8.27. The van der Waals surface area contributed by atoms with Gasteiger partial charge >= 0.3 is 11.8 Å². The molecule has 0 saturated heterocycles. The quantitative estimate of drug-likeness (QED) is 0.508. The van der Waals surface area contributed by atoms with Gasteiger partial charge in [0.1, 0.15) is 6.20 Å². The third-order valence-electron chi connectivity index (χ3n) is 1.69. The fourth-order valence-electron chi connectivity index (χ4n) is 1.15. The smallest absolute Gasteiger partial charge is 0.414 e. The van der Waals surface area contributed by atoms with Crippen molar-refractivity contribution < 1.29 is 9.66 Å². The average molecular weight is 199 g/mol. The Hall–Kier alpha value is -1.59. The molecular formula is C8H13N3O3. The van der Waals surface area contributed by atoms with Gasteiger partial charge in [-0.2, -0.15) is 0 Å². The molecule has 1 aliphatic rings. The summed E-state index contributed by atoms with van der Waals surface area (Å²) in [6, 6.07) is 0.355. The van der Waals surface area contributed by atoms with Crippen LogP contribution in [0.1, 0.15) is 20.3 Å². The molecule has 0 saturated carbocycles. The molecule has 0 aliphatic carbocycles. The second-order valence-corrected chi connectivity index (χ2v) is 2.53. The van der Waals surface area contributed by atoms with Crippen LogP contribution in [0, 0.1) is 10.1 Å². The molecule has 2 rings (SSSR count). The Balaban J connectivity index is 0.000000461. The van der Waals surface area contributed by atoms with Gasteiger partial charge in [-0.3, -0.25) is 4.57 Å². The van der Waals surface area contributed by atoms with E-state index in [1.165, 1.54) is 6.20 Å². The Kier molecular flexibility index (Phi) is 3.44. The Labute approximate surface area is 81.7 Å². The van der Waals surface area contributed by atoms with Gasteiger partial charge in [-0.05, 0) is 11.3 Å². The zero-order valence-electron chi connectivity index (χ0n) is 8.27. The molecule has 1 aliphatic heterocycles. The summed E-state index contributed by atoms with van der Waals surface area (Å²) in [6.07, 6.45) is 2.27. The molecule has 0 spiro atoms. The molecule has 14 heavy (non-hydrogen) atoms. The number of ether oxygens (including phenoxy) is 1. The van der Waals surface area contributed by atoms with Gasteiger partial charge in [0.2, 0.25) is 0 Å². The summed E-state index contributed by atoms with van der Waals surface area (Å²) < 4.78 is 6.76. The van der Waals surface area contributed by atoms with Gasteiger partial charge in [0, 0.05) is 11.5 Å². The molecule has 0 radical (unpaired) electrons. The zero-order chi connectivity index (χ0) is 10.6. The molecule has 0 N–H and O–H groups in total. The van der Waals surface area contributed by atoms with Crippen molar-refractivity contribution in [2.45, 2.75) is 26.8 Å². The van der Waals surface area contributed by atoms with Crippen LogP contribution in [0.25, 0.3) is 0 Å². The van der Waals surface area contributed by atoms with E-state index in [4.69, 9.17) is 4.74 Å². The van der Waals surface area contributed by atoms with Crippen molar-refractivity contribution in [3.63, 3.8) is 0 Å². The minimum absolute atomic E-state index is 0.146. The van der Waals surface area contributed by atoms with Crippen molar-refractivity contribution in [3.05, 3.63) is 16.3 Å². The van der Waals surface area contributed by atoms with Crippen molar-refractivity contribution in [2.24, 2.45) is 0 Å². The number of fused-ring (bicyclic) bond motifs is 1. The maximum Gasteiger partial charge on any atom is 0.414 e. The Morgan fingerprint density at radius 1 is 1.64 bits per heavy atom. The molecule has 1 aromatic rings. The van der Waals surface area contributed by atoms with Crippen molar-refractivity contribution in [1.29, 1.82) is 0 Å². The van der Waals surface area contributed by atoms with Crippen LogP contribution in [-0.4, -0.2) is 21.1 Å². The van der Waals surface area contributed by atoms with Gasteiger partial charge in [0.25, 0.3) is 0 Å². The van der Waals surface area contributed by atoms with Crippen molar-refractivity contribution in [2.75, 3.05) is 6.61 Å². The van der Waals surface area contributed by atoms with E-state index in [1.807, 2.05) is 13.8 Å². The largest absolute Gasteiger partial charge is 0.446 e. The van der Waals surface area contributed by atoms with Crippen molar-refractivity contribution >= 4 is 5.82 Å². The van der Waals surface area contributed by atoms with E-state index in [1.54, 1.807) is 4.57 Å². The van der Waals surface area contributed by atoms with E-state index in [2.05, 4.69) is 4.98 Å². The third-order valence-corrected chi connectivity index (χ3v) is 1.69. The van der Waals surface area contributed by atoms with Crippen LogP contribution in [0.3, 0.4) is 0 Å². The van der Waals surface area contributed by atoms with Crippen LogP contribution in [0.2, 0.25) is 0 Å². The van der Waals surface area contributed by atoms with E-state index in [9.17, 15) is 10.1 Å². The summed E-state index contributed by atoms with van der Waals surface area (Å²) in [6.45, 7) is 5.34. The topological polar surface area (TPSA) is 70.2 Å². The molecule has 0 aromatic carbocycles. The highest BCUT2D eigenvalue weighted by atomic mass is 16.6. The van der Waals surface area contributed by atoms with Crippen molar-refractivity contribution in [3.8, 4) is 6.01 Å². The molecule has 0 unspecified atom stereocenters. The number of nitro groups is 1. The van der Waals surface area contributed by atoms with Crippen LogP contribution in [0.5, 0.6) is 6.01 Å². The number of nitrogens with zero attached hydrogens (tertiary/aromatic N) is 3. The van der Waals surface area contributed by atoms with Gasteiger partial charge in [-0.15, -0.1) is 0 Å². The lowest BCUT2D eigenvalue weighted by atomic mass is 10.4. The first kappa shape index (κ1) is 10.5. The molecule has 0 bridgehead atoms. The number of hydrogen-bond acceptors (Lipinski definition) is 4. The van der Waals surface area contributed by atoms with Crippen LogP contribution in [0.4, 0.5) is 5.82 Å². The van der Waals surface area contributed by atoms with E-state index in [0.717, 1.165) is 13.0 Å². The Morgan fingerprint density at radius 2 is 2.36 bits per heavy atom. The van der Waals surface area contributed by atoms with Gasteiger partial charge in [0.05, 0.1) is 6.61 Å². The highest BCUT2D eigenvalue weighted by Gasteiger charge is 2.22. The van der Waals surface area contributed by atoms with Gasteiger partial charge in [0.15, 0.2) is 0 Å². The summed E-state index contributed by atoms with van der Waals surface area (Å²) in [5.41, 5.74) is 0. The van der Waals surface area contributed by atoms with Crippen LogP contribution in [-0.2, 0) is 6.54 Å². The maximum atomic E-state index is 10.3. The minimum atomic E-state index is -0.519. The first-order valence-electron chi connectivity index (χ1n) is 4.62. The average Bonchev–Trinajstić information content (AvgIpc) is 2.64. The summed E-state index contributed by atoms with van der Waals surface area (Å²) >= 11 is 0. The summed E-state index contributed by atoms with van der Waals surface area (Å²) in [5.74, 6) is -0.146. The van der Waals surface area contributed by atoms with E-state index >= 15 is 0 Å². The fraction of sp³-hybridized carbons (Fsp3) is 0.625. The van der Waals surface area contributed by atoms with Crippen molar-refractivity contribution in [1.82, 2.24) is 9.55 Å². The highest BCUT2D eigenvalue weighted by Crippen LogP contribution is 2.20. The predicted octanol–water partition coefficient (Wildman–Crippen LogP) is 1.60. The molecule has 6 heteroatoms. The monoisotopic (exact) mass is 199 g/mol. The van der Waals surface area contributed by atoms with Crippen LogP contribution < -0.4 is 4.74 Å². The molecular weight excluding hydrogens is 186 g/mol. The van der Waals surface area contributed by atoms with Gasteiger partial charge < -0.3 is 14.9 Å². The molecule has 0 fully saturated rings. The van der Waals surface area contributed by atoms with E-state index < -0.39 is 4.92 Å². The Bertz CT molecular complexity index is 298.